The number of amides is 2. The van der Waals surface area contributed by atoms with Gasteiger partial charge in [0.15, 0.2) is 6.61 Å². The van der Waals surface area contributed by atoms with Crippen LogP contribution in [-0.2, 0) is 20.9 Å². The lowest BCUT2D eigenvalue weighted by molar-refractivity contribution is -0.122. The van der Waals surface area contributed by atoms with Crippen LogP contribution in [0.3, 0.4) is 0 Å². The van der Waals surface area contributed by atoms with Crippen LogP contribution in [0, 0.1) is 0 Å². The van der Waals surface area contributed by atoms with E-state index < -0.39 is 5.91 Å². The van der Waals surface area contributed by atoms with E-state index in [0.717, 1.165) is 5.56 Å². The minimum atomic E-state index is -0.476. The number of nitrogens with one attached hydrogen (secondary N) is 2. The van der Waals surface area contributed by atoms with Crippen LogP contribution in [-0.4, -0.2) is 38.2 Å². The molecule has 0 radical (unpaired) electrons. The monoisotopic (exact) mass is 279 g/mol. The second kappa shape index (κ2) is 6.88. The van der Waals surface area contributed by atoms with Gasteiger partial charge < -0.3 is 25.8 Å². The molecule has 2 amide bonds. The third-order valence-electron chi connectivity index (χ3n) is 2.67. The van der Waals surface area contributed by atoms with Crippen LogP contribution in [0.2, 0.25) is 0 Å². The summed E-state index contributed by atoms with van der Waals surface area (Å²) in [6.07, 6.45) is 0. The minimum Gasteiger partial charge on any atom is -0.482 e. The molecule has 1 aromatic carbocycles. The first-order chi connectivity index (χ1) is 9.65. The van der Waals surface area contributed by atoms with Crippen molar-refractivity contribution in [1.29, 1.82) is 0 Å². The van der Waals surface area contributed by atoms with Gasteiger partial charge in [-0.25, -0.2) is 0 Å². The van der Waals surface area contributed by atoms with Gasteiger partial charge in [-0.15, -0.1) is 0 Å². The lowest BCUT2D eigenvalue weighted by Crippen LogP contribution is -2.26. The highest BCUT2D eigenvalue weighted by Gasteiger charge is 2.15. The fraction of sp³-hybridized carbons (Fsp3) is 0.385. The average molecular weight is 279 g/mol. The summed E-state index contributed by atoms with van der Waals surface area (Å²) in [5, 5.41) is 5.92. The maximum atomic E-state index is 11.2. The molecular weight excluding hydrogens is 262 g/mol. The highest BCUT2D eigenvalue weighted by Crippen LogP contribution is 2.28. The van der Waals surface area contributed by atoms with Crippen LogP contribution in [0.4, 0.5) is 5.69 Å². The number of anilines is 1. The Labute approximate surface area is 116 Å². The van der Waals surface area contributed by atoms with Gasteiger partial charge in [0.25, 0.3) is 5.91 Å². The molecule has 1 aromatic rings. The van der Waals surface area contributed by atoms with E-state index in [9.17, 15) is 9.59 Å². The number of hydrogen-bond acceptors (Lipinski definition) is 5. The molecule has 7 nitrogen and oxygen atoms in total. The minimum absolute atomic E-state index is 0.0573. The second-order valence-corrected chi connectivity index (χ2v) is 4.36. The molecule has 1 aliphatic heterocycles. The molecule has 7 heteroatoms. The maximum absolute atomic E-state index is 11.2. The van der Waals surface area contributed by atoms with Gasteiger partial charge in [-0.2, -0.15) is 0 Å². The Kier molecular flexibility index (Phi) is 4.91. The van der Waals surface area contributed by atoms with Crippen molar-refractivity contribution in [2.24, 2.45) is 5.73 Å². The summed E-state index contributed by atoms with van der Waals surface area (Å²) in [5.74, 6) is 0.0519. The zero-order valence-corrected chi connectivity index (χ0v) is 11.0. The van der Waals surface area contributed by atoms with Gasteiger partial charge in [0.1, 0.15) is 12.4 Å². The summed E-state index contributed by atoms with van der Waals surface area (Å²) < 4.78 is 10.3. The van der Waals surface area contributed by atoms with Gasteiger partial charge in [-0.1, -0.05) is 6.07 Å². The molecule has 0 fully saturated rings. The third kappa shape index (κ3) is 4.22. The molecule has 20 heavy (non-hydrogen) atoms. The lowest BCUT2D eigenvalue weighted by Gasteiger charge is -2.18. The SMILES string of the molecule is NC(=O)COCCNCc1ccc2c(c1)NC(=O)CO2. The van der Waals surface area contributed by atoms with Gasteiger partial charge in [-0.05, 0) is 17.7 Å². The topological polar surface area (TPSA) is 103 Å². The van der Waals surface area contributed by atoms with Crippen LogP contribution in [0.1, 0.15) is 5.56 Å². The van der Waals surface area contributed by atoms with E-state index in [1.807, 2.05) is 18.2 Å². The van der Waals surface area contributed by atoms with Gasteiger partial charge >= 0.3 is 0 Å². The van der Waals surface area contributed by atoms with Crippen LogP contribution < -0.4 is 21.1 Å². The molecule has 0 saturated carbocycles. The fourth-order valence-corrected chi connectivity index (χ4v) is 1.79. The summed E-state index contributed by atoms with van der Waals surface area (Å²) in [4.78, 5) is 21.7. The zero-order chi connectivity index (χ0) is 14.4. The molecule has 1 aliphatic rings. The average Bonchev–Trinajstić information content (AvgIpc) is 2.42. The summed E-state index contributed by atoms with van der Waals surface area (Å²) in [7, 11) is 0. The normalized spacial score (nSPS) is 13.3. The van der Waals surface area contributed by atoms with Crippen LogP contribution >= 0.6 is 0 Å². The molecule has 0 saturated heterocycles. The smallest absolute Gasteiger partial charge is 0.262 e. The van der Waals surface area contributed by atoms with E-state index in [4.69, 9.17) is 15.2 Å². The molecular formula is C13H17N3O4. The van der Waals surface area contributed by atoms with Crippen LogP contribution in [0.5, 0.6) is 5.75 Å². The summed E-state index contributed by atoms with van der Waals surface area (Å²) >= 11 is 0. The van der Waals surface area contributed by atoms with E-state index in [2.05, 4.69) is 10.6 Å². The summed E-state index contributed by atoms with van der Waals surface area (Å²) in [5.41, 5.74) is 6.65. The number of primary amides is 1. The van der Waals surface area contributed by atoms with Crippen molar-refractivity contribution in [1.82, 2.24) is 5.32 Å². The molecule has 0 unspecified atom stereocenters. The molecule has 108 valence electrons. The molecule has 4 N–H and O–H groups in total. The van der Waals surface area contributed by atoms with Gasteiger partial charge in [-0.3, -0.25) is 9.59 Å². The Balaban J connectivity index is 1.75. The Morgan fingerprint density at radius 2 is 2.35 bits per heavy atom. The maximum Gasteiger partial charge on any atom is 0.262 e. The highest BCUT2D eigenvalue weighted by atomic mass is 16.5. The molecule has 1 heterocycles. The van der Waals surface area contributed by atoms with Crippen molar-refractivity contribution in [2.75, 3.05) is 31.7 Å². The molecule has 2 rings (SSSR count). The molecule has 0 aliphatic carbocycles. The van der Waals surface area contributed by atoms with Crippen molar-refractivity contribution >= 4 is 17.5 Å². The standard InChI is InChI=1S/C13H17N3O4/c14-12(17)7-19-4-3-15-6-9-1-2-11-10(5-9)16-13(18)8-20-11/h1-2,5,15H,3-4,6-8H2,(H2,14,17)(H,16,18). The van der Waals surface area contributed by atoms with Gasteiger partial charge in [0.05, 0.1) is 12.3 Å². The van der Waals surface area contributed by atoms with E-state index in [1.165, 1.54) is 0 Å². The largest absolute Gasteiger partial charge is 0.482 e. The number of hydrogen-bond donors (Lipinski definition) is 3. The first-order valence-electron chi connectivity index (χ1n) is 6.27. The number of benzene rings is 1. The first-order valence-corrected chi connectivity index (χ1v) is 6.27. The van der Waals surface area contributed by atoms with E-state index in [-0.39, 0.29) is 19.1 Å². The van der Waals surface area contributed by atoms with Crippen molar-refractivity contribution in [2.45, 2.75) is 6.54 Å². The van der Waals surface area contributed by atoms with E-state index >= 15 is 0 Å². The Hall–Kier alpha value is -2.12. The molecule has 0 spiro atoms. The van der Waals surface area contributed by atoms with Crippen molar-refractivity contribution in [3.8, 4) is 5.75 Å². The molecule has 0 bridgehead atoms. The number of carbonyl (C=O) groups excluding carboxylic acids is 2. The Bertz CT molecular complexity index is 504. The Morgan fingerprint density at radius 1 is 1.50 bits per heavy atom. The van der Waals surface area contributed by atoms with Crippen molar-refractivity contribution in [3.05, 3.63) is 23.8 Å². The van der Waals surface area contributed by atoms with Crippen LogP contribution in [0.15, 0.2) is 18.2 Å². The molecule has 0 aromatic heterocycles. The van der Waals surface area contributed by atoms with Crippen molar-refractivity contribution < 1.29 is 19.1 Å². The predicted octanol–water partition coefficient (Wildman–Crippen LogP) is -0.391. The quantitative estimate of drug-likeness (QED) is 0.590. The number of carbonyl (C=O) groups is 2. The van der Waals surface area contributed by atoms with E-state index in [1.54, 1.807) is 0 Å². The zero-order valence-electron chi connectivity index (χ0n) is 11.0. The summed E-state index contributed by atoms with van der Waals surface area (Å²) in [6.45, 7) is 1.63. The molecule has 0 atom stereocenters. The number of fused-ring (bicyclic) bond motifs is 1. The van der Waals surface area contributed by atoms with Crippen LogP contribution in [0.25, 0.3) is 0 Å². The second-order valence-electron chi connectivity index (χ2n) is 4.36. The summed E-state index contributed by atoms with van der Waals surface area (Å²) in [6, 6.07) is 5.62. The van der Waals surface area contributed by atoms with Crippen molar-refractivity contribution in [3.63, 3.8) is 0 Å². The van der Waals surface area contributed by atoms with E-state index in [0.29, 0.717) is 31.1 Å². The van der Waals surface area contributed by atoms with Gasteiger partial charge in [0.2, 0.25) is 5.91 Å². The first kappa shape index (κ1) is 14.3. The fourth-order valence-electron chi connectivity index (χ4n) is 1.79. The Morgan fingerprint density at radius 3 is 3.15 bits per heavy atom. The predicted molar refractivity (Wildman–Crippen MR) is 72.3 cm³/mol. The third-order valence-corrected chi connectivity index (χ3v) is 2.67. The lowest BCUT2D eigenvalue weighted by atomic mass is 10.1. The van der Waals surface area contributed by atoms with Gasteiger partial charge in [0, 0.05) is 13.1 Å². The number of ether oxygens (including phenoxy) is 2. The number of nitrogens with two attached hydrogens (primary N) is 1. The highest BCUT2D eigenvalue weighted by molar-refractivity contribution is 5.95. The number of rotatable bonds is 7.